The fourth-order valence-corrected chi connectivity index (χ4v) is 8.84. The summed E-state index contributed by atoms with van der Waals surface area (Å²) in [5.41, 5.74) is 18.9. The van der Waals surface area contributed by atoms with Crippen LogP contribution in [0.1, 0.15) is 0 Å². The quantitative estimate of drug-likeness (QED) is 0.141. The Morgan fingerprint density at radius 3 is 0.903 bits per heavy atom. The molecule has 0 N–H and O–H groups in total. The number of rotatable bonds is 9. The summed E-state index contributed by atoms with van der Waals surface area (Å²) in [6, 6.07) is 91.9. The van der Waals surface area contributed by atoms with Gasteiger partial charge < -0.3 is 9.47 Å². The van der Waals surface area contributed by atoms with Crippen molar-refractivity contribution < 1.29 is 0 Å². The van der Waals surface area contributed by atoms with E-state index in [1.54, 1.807) is 0 Å². The number of nitrogens with zero attached hydrogens (tertiary/aromatic N) is 2. The summed E-state index contributed by atoms with van der Waals surface area (Å²) in [6.45, 7) is 0. The molecule has 0 aliphatic rings. The van der Waals surface area contributed by atoms with Crippen molar-refractivity contribution in [1.29, 1.82) is 0 Å². The van der Waals surface area contributed by atoms with Crippen LogP contribution in [0.3, 0.4) is 0 Å². The number of hydrogen-bond donors (Lipinski definition) is 0. The van der Waals surface area contributed by atoms with Crippen molar-refractivity contribution in [3.8, 4) is 61.3 Å². The van der Waals surface area contributed by atoms with Crippen molar-refractivity contribution in [2.75, 3.05) is 4.90 Å². The minimum Gasteiger partial charge on any atom is -0.311 e. The Bertz CT molecular complexity index is 3260. The first kappa shape index (κ1) is 36.8. The van der Waals surface area contributed by atoms with Crippen molar-refractivity contribution in [2.24, 2.45) is 0 Å². The highest BCUT2D eigenvalue weighted by Crippen LogP contribution is 2.40. The molecule has 0 amide bonds. The normalized spacial score (nSPS) is 11.2. The minimum absolute atomic E-state index is 1.10. The van der Waals surface area contributed by atoms with Gasteiger partial charge in [-0.15, -0.1) is 0 Å². The van der Waals surface area contributed by atoms with E-state index in [-0.39, 0.29) is 0 Å². The fraction of sp³-hybridized carbons (Fsp3) is 0. The maximum Gasteiger partial charge on any atom is 0.0541 e. The lowest BCUT2D eigenvalue weighted by molar-refractivity contribution is 1.18. The van der Waals surface area contributed by atoms with E-state index >= 15 is 0 Å². The first-order valence-corrected chi connectivity index (χ1v) is 21.2. The van der Waals surface area contributed by atoms with Crippen LogP contribution in [0.25, 0.3) is 83.1 Å². The zero-order valence-electron chi connectivity index (χ0n) is 34.1. The largest absolute Gasteiger partial charge is 0.311 e. The van der Waals surface area contributed by atoms with Crippen LogP contribution in [0, 0.1) is 0 Å². The summed E-state index contributed by atoms with van der Waals surface area (Å²) >= 11 is 0. The monoisotopic (exact) mass is 790 g/mol. The number of fused-ring (bicyclic) bond motifs is 3. The van der Waals surface area contributed by atoms with Gasteiger partial charge in [0.2, 0.25) is 0 Å². The van der Waals surface area contributed by atoms with Gasteiger partial charge in [0.05, 0.1) is 11.0 Å². The average molecular weight is 791 g/mol. The Morgan fingerprint density at radius 2 is 0.500 bits per heavy atom. The minimum atomic E-state index is 1.10. The van der Waals surface area contributed by atoms with E-state index < -0.39 is 0 Å². The molecule has 0 aliphatic carbocycles. The highest BCUT2D eigenvalue weighted by atomic mass is 15.1. The molecular formula is C60H42N2. The van der Waals surface area contributed by atoms with Crippen molar-refractivity contribution >= 4 is 38.9 Å². The van der Waals surface area contributed by atoms with E-state index in [0.717, 1.165) is 22.7 Å². The lowest BCUT2D eigenvalue weighted by Crippen LogP contribution is -2.09. The van der Waals surface area contributed by atoms with Crippen molar-refractivity contribution in [2.45, 2.75) is 0 Å². The van der Waals surface area contributed by atoms with Crippen LogP contribution in [0.4, 0.5) is 17.1 Å². The standard InChI is InChI=1S/C60H42N2/c1-5-13-43(14-6-1)46-21-23-47(24-22-46)49-25-33-54(34-26-49)61(53-19-11-4-12-20-53)55-35-29-50(30-36-55)52-32-40-60-58(42-52)57-41-51(45-17-9-3-10-18-45)31-39-59(57)62(60)56-37-27-48(28-38-56)44-15-7-2-8-16-44/h1-42H. The molecule has 292 valence electrons. The summed E-state index contributed by atoms with van der Waals surface area (Å²) in [5, 5.41) is 2.46. The first-order chi connectivity index (χ1) is 30.7. The van der Waals surface area contributed by atoms with E-state index in [2.05, 4.69) is 264 Å². The van der Waals surface area contributed by atoms with Gasteiger partial charge in [-0.2, -0.15) is 0 Å². The smallest absolute Gasteiger partial charge is 0.0541 e. The molecule has 2 heteroatoms. The molecule has 0 bridgehead atoms. The van der Waals surface area contributed by atoms with Gasteiger partial charge in [0.15, 0.2) is 0 Å². The van der Waals surface area contributed by atoms with Gasteiger partial charge in [0.1, 0.15) is 0 Å². The molecule has 0 spiro atoms. The summed E-state index contributed by atoms with van der Waals surface area (Å²) < 4.78 is 2.41. The second-order valence-corrected chi connectivity index (χ2v) is 15.8. The van der Waals surface area contributed by atoms with Crippen molar-refractivity contribution in [3.63, 3.8) is 0 Å². The Hall–Kier alpha value is -8.20. The van der Waals surface area contributed by atoms with Crippen LogP contribution < -0.4 is 4.90 Å². The molecule has 62 heavy (non-hydrogen) atoms. The van der Waals surface area contributed by atoms with E-state index in [0.29, 0.717) is 0 Å². The SMILES string of the molecule is c1ccc(-c2ccc(-c3ccc(N(c4ccccc4)c4ccc(-c5ccc6c(c5)c5cc(-c7ccccc7)ccc5n6-c5ccc(-c6ccccc6)cc5)cc4)cc3)cc2)cc1. The summed E-state index contributed by atoms with van der Waals surface area (Å²) in [7, 11) is 0. The van der Waals surface area contributed by atoms with Gasteiger partial charge in [-0.3, -0.25) is 0 Å². The summed E-state index contributed by atoms with van der Waals surface area (Å²) in [4.78, 5) is 2.33. The molecule has 1 heterocycles. The Balaban J connectivity index is 0.946. The summed E-state index contributed by atoms with van der Waals surface area (Å²) in [5.74, 6) is 0. The number of hydrogen-bond acceptors (Lipinski definition) is 1. The van der Waals surface area contributed by atoms with Crippen LogP contribution in [0.15, 0.2) is 255 Å². The van der Waals surface area contributed by atoms with Crippen molar-refractivity contribution in [1.82, 2.24) is 4.57 Å². The molecule has 0 atom stereocenters. The van der Waals surface area contributed by atoms with E-state index in [1.165, 1.54) is 77.4 Å². The second-order valence-electron chi connectivity index (χ2n) is 15.8. The molecule has 2 nitrogen and oxygen atoms in total. The van der Waals surface area contributed by atoms with Crippen molar-refractivity contribution in [3.05, 3.63) is 255 Å². The molecule has 0 aliphatic heterocycles. The van der Waals surface area contributed by atoms with Gasteiger partial charge in [-0.05, 0) is 128 Å². The average Bonchev–Trinajstić information content (AvgIpc) is 3.69. The molecule has 0 radical (unpaired) electrons. The Morgan fingerprint density at radius 1 is 0.226 bits per heavy atom. The third-order valence-electron chi connectivity index (χ3n) is 12.0. The molecular weight excluding hydrogens is 749 g/mol. The second kappa shape index (κ2) is 16.1. The molecule has 0 saturated carbocycles. The van der Waals surface area contributed by atoms with Gasteiger partial charge in [0.25, 0.3) is 0 Å². The van der Waals surface area contributed by atoms with Crippen LogP contribution >= 0.6 is 0 Å². The maximum atomic E-state index is 2.41. The Kier molecular flexibility index (Phi) is 9.57. The maximum absolute atomic E-state index is 2.41. The number of para-hydroxylation sites is 1. The van der Waals surface area contributed by atoms with Crippen LogP contribution in [0.2, 0.25) is 0 Å². The van der Waals surface area contributed by atoms with Gasteiger partial charge in [-0.1, -0.05) is 182 Å². The molecule has 11 rings (SSSR count). The lowest BCUT2D eigenvalue weighted by Gasteiger charge is -2.26. The van der Waals surface area contributed by atoms with Gasteiger partial charge in [0, 0.05) is 33.5 Å². The highest BCUT2D eigenvalue weighted by molar-refractivity contribution is 6.11. The third-order valence-corrected chi connectivity index (χ3v) is 12.0. The molecule has 0 saturated heterocycles. The zero-order chi connectivity index (χ0) is 41.2. The van der Waals surface area contributed by atoms with Crippen LogP contribution in [-0.2, 0) is 0 Å². The van der Waals surface area contributed by atoms with Crippen LogP contribution in [0.5, 0.6) is 0 Å². The van der Waals surface area contributed by atoms with Gasteiger partial charge >= 0.3 is 0 Å². The molecule has 1 aromatic heterocycles. The fourth-order valence-electron chi connectivity index (χ4n) is 8.84. The lowest BCUT2D eigenvalue weighted by atomic mass is 9.99. The van der Waals surface area contributed by atoms with E-state index in [4.69, 9.17) is 0 Å². The highest BCUT2D eigenvalue weighted by Gasteiger charge is 2.17. The summed E-state index contributed by atoms with van der Waals surface area (Å²) in [6.07, 6.45) is 0. The zero-order valence-corrected chi connectivity index (χ0v) is 34.1. The predicted molar refractivity (Wildman–Crippen MR) is 263 cm³/mol. The Labute approximate surface area is 362 Å². The molecule has 10 aromatic carbocycles. The molecule has 0 fully saturated rings. The topological polar surface area (TPSA) is 8.17 Å². The number of anilines is 3. The molecule has 11 aromatic rings. The van der Waals surface area contributed by atoms with Crippen LogP contribution in [-0.4, -0.2) is 4.57 Å². The predicted octanol–water partition coefficient (Wildman–Crippen LogP) is 16.6. The van der Waals surface area contributed by atoms with Gasteiger partial charge in [-0.25, -0.2) is 0 Å². The first-order valence-electron chi connectivity index (χ1n) is 21.2. The molecule has 0 unspecified atom stereocenters. The van der Waals surface area contributed by atoms with E-state index in [9.17, 15) is 0 Å². The third kappa shape index (κ3) is 7.04. The number of benzene rings is 10. The number of aromatic nitrogens is 1. The van der Waals surface area contributed by atoms with E-state index in [1.807, 2.05) is 0 Å².